The van der Waals surface area contributed by atoms with E-state index in [4.69, 9.17) is 21.7 Å². The smallest absolute Gasteiger partial charge is 0.303 e. The molecule has 1 aliphatic heterocycles. The number of hydrogen-bond acceptors (Lipinski definition) is 5. The first kappa shape index (κ1) is 24.3. The van der Waals surface area contributed by atoms with Crippen molar-refractivity contribution in [2.45, 2.75) is 57.8 Å². The highest BCUT2D eigenvalue weighted by molar-refractivity contribution is 8.26. The summed E-state index contributed by atoms with van der Waals surface area (Å²) in [6, 6.07) is 13.6. The number of thioether (sulfide) groups is 1. The van der Waals surface area contributed by atoms with Gasteiger partial charge in [0.15, 0.2) is 0 Å². The van der Waals surface area contributed by atoms with Crippen LogP contribution in [0.2, 0.25) is 0 Å². The Balaban J connectivity index is 1.38. The second-order valence-corrected chi connectivity index (χ2v) is 9.55. The molecule has 0 bridgehead atoms. The number of unbranched alkanes of at least 4 members (excludes halogenated alkanes) is 7. The summed E-state index contributed by atoms with van der Waals surface area (Å²) in [7, 11) is 0. The number of thiocarbonyl (C=S) groups is 1. The van der Waals surface area contributed by atoms with Gasteiger partial charge in [0.05, 0.1) is 4.91 Å². The molecule has 1 fully saturated rings. The van der Waals surface area contributed by atoms with E-state index in [1.807, 2.05) is 42.5 Å². The Bertz CT molecular complexity index is 952. The summed E-state index contributed by atoms with van der Waals surface area (Å²) < 4.78 is 6.50. The Hall–Kier alpha value is -2.38. The van der Waals surface area contributed by atoms with Gasteiger partial charge in [-0.05, 0) is 25.0 Å². The van der Waals surface area contributed by atoms with Crippen molar-refractivity contribution in [3.05, 3.63) is 53.1 Å². The maximum atomic E-state index is 12.8. The summed E-state index contributed by atoms with van der Waals surface area (Å²) in [6.07, 6.45) is 10.3. The maximum absolute atomic E-state index is 12.8. The molecule has 0 radical (unpaired) electrons. The van der Waals surface area contributed by atoms with Crippen LogP contribution in [0.15, 0.2) is 51.8 Å². The van der Waals surface area contributed by atoms with Gasteiger partial charge < -0.3 is 9.52 Å². The quantitative estimate of drug-likeness (QED) is 0.198. The number of furan rings is 1. The predicted molar refractivity (Wildman–Crippen MR) is 133 cm³/mol. The van der Waals surface area contributed by atoms with Crippen molar-refractivity contribution in [1.82, 2.24) is 4.90 Å². The van der Waals surface area contributed by atoms with Gasteiger partial charge in [-0.25, -0.2) is 0 Å². The number of rotatable bonds is 13. The van der Waals surface area contributed by atoms with Crippen LogP contribution >= 0.6 is 24.0 Å². The van der Waals surface area contributed by atoms with E-state index in [0.717, 1.165) is 62.7 Å². The number of carboxylic acids is 1. The number of aliphatic carboxylic acids is 1. The number of hydrogen-bond donors (Lipinski definition) is 1. The van der Waals surface area contributed by atoms with Crippen LogP contribution in [0.3, 0.4) is 0 Å². The Kier molecular flexibility index (Phi) is 9.56. The number of carbonyl (C=O) groups excluding carboxylic acids is 1. The average molecular weight is 472 g/mol. The van der Waals surface area contributed by atoms with E-state index in [0.29, 0.717) is 21.5 Å². The van der Waals surface area contributed by atoms with E-state index in [-0.39, 0.29) is 12.3 Å². The lowest BCUT2D eigenvalue weighted by molar-refractivity contribution is -0.137. The van der Waals surface area contributed by atoms with Crippen molar-refractivity contribution in [3.63, 3.8) is 0 Å². The van der Waals surface area contributed by atoms with Crippen molar-refractivity contribution in [3.8, 4) is 11.3 Å². The fourth-order valence-corrected chi connectivity index (χ4v) is 4.91. The minimum atomic E-state index is -0.711. The molecule has 0 aliphatic carbocycles. The Labute approximate surface area is 198 Å². The zero-order valence-corrected chi connectivity index (χ0v) is 19.8. The van der Waals surface area contributed by atoms with Crippen LogP contribution in [-0.4, -0.2) is 32.7 Å². The Morgan fingerprint density at radius 2 is 1.62 bits per heavy atom. The minimum Gasteiger partial charge on any atom is -0.481 e. The molecule has 0 saturated carbocycles. The Morgan fingerprint density at radius 1 is 0.969 bits per heavy atom. The SMILES string of the molecule is O=C(O)CCCCCCCCCCN1C(=O)/C(=C/c2ccc(-c3ccccc3)o2)SC1=S. The number of benzene rings is 1. The highest BCUT2D eigenvalue weighted by Crippen LogP contribution is 2.33. The summed E-state index contributed by atoms with van der Waals surface area (Å²) in [6.45, 7) is 0.647. The number of amides is 1. The molecule has 2 heterocycles. The second kappa shape index (κ2) is 12.6. The van der Waals surface area contributed by atoms with E-state index >= 15 is 0 Å². The molecule has 0 unspecified atom stereocenters. The zero-order chi connectivity index (χ0) is 22.8. The second-order valence-electron chi connectivity index (χ2n) is 7.87. The standard InChI is InChI=1S/C25H29NO4S2/c27-23(28)14-10-5-3-1-2-4-6-11-17-26-24(29)22(32-25(26)31)18-20-15-16-21(30-20)19-12-8-7-9-13-19/h7-9,12-13,15-16,18H,1-6,10-11,14,17H2,(H,27,28)/b22-18-. The topological polar surface area (TPSA) is 70.8 Å². The third-order valence-corrected chi connectivity index (χ3v) is 6.73. The molecule has 0 atom stereocenters. The van der Waals surface area contributed by atoms with Crippen LogP contribution < -0.4 is 0 Å². The number of nitrogens with zero attached hydrogens (tertiary/aromatic N) is 1. The van der Waals surface area contributed by atoms with E-state index in [2.05, 4.69) is 0 Å². The molecule has 5 nitrogen and oxygen atoms in total. The highest BCUT2D eigenvalue weighted by atomic mass is 32.2. The summed E-state index contributed by atoms with van der Waals surface area (Å²) in [4.78, 5) is 25.6. The minimum absolute atomic E-state index is 0.0453. The molecule has 0 spiro atoms. The summed E-state index contributed by atoms with van der Waals surface area (Å²) in [5.74, 6) is 0.662. The van der Waals surface area contributed by atoms with Gasteiger partial charge in [0.1, 0.15) is 15.8 Å². The summed E-state index contributed by atoms with van der Waals surface area (Å²) in [5, 5.41) is 8.63. The molecule has 7 heteroatoms. The molecule has 1 amide bonds. The van der Waals surface area contributed by atoms with Gasteiger partial charge in [0.2, 0.25) is 0 Å². The third-order valence-electron chi connectivity index (χ3n) is 5.35. The number of carbonyl (C=O) groups is 2. The zero-order valence-electron chi connectivity index (χ0n) is 18.1. The molecule has 1 aromatic heterocycles. The molecule has 2 aromatic rings. The van der Waals surface area contributed by atoms with Crippen molar-refractivity contribution in [2.24, 2.45) is 0 Å². The van der Waals surface area contributed by atoms with Crippen molar-refractivity contribution < 1.29 is 19.1 Å². The molecule has 170 valence electrons. The van der Waals surface area contributed by atoms with E-state index in [9.17, 15) is 9.59 Å². The van der Waals surface area contributed by atoms with E-state index in [1.54, 1.807) is 11.0 Å². The van der Waals surface area contributed by atoms with Crippen molar-refractivity contribution in [2.75, 3.05) is 6.54 Å². The van der Waals surface area contributed by atoms with E-state index < -0.39 is 5.97 Å². The first-order valence-electron chi connectivity index (χ1n) is 11.2. The lowest BCUT2D eigenvalue weighted by Gasteiger charge is -2.14. The van der Waals surface area contributed by atoms with Crippen LogP contribution in [0.4, 0.5) is 0 Å². The van der Waals surface area contributed by atoms with Crippen LogP contribution in [0.5, 0.6) is 0 Å². The van der Waals surface area contributed by atoms with Gasteiger partial charge in [0.25, 0.3) is 5.91 Å². The largest absolute Gasteiger partial charge is 0.481 e. The molecule has 32 heavy (non-hydrogen) atoms. The Morgan fingerprint density at radius 3 is 2.31 bits per heavy atom. The lowest BCUT2D eigenvalue weighted by Crippen LogP contribution is -2.28. The van der Waals surface area contributed by atoms with Crippen molar-refractivity contribution in [1.29, 1.82) is 0 Å². The van der Waals surface area contributed by atoms with Crippen molar-refractivity contribution >= 4 is 46.3 Å². The van der Waals surface area contributed by atoms with Gasteiger partial charge in [-0.3, -0.25) is 14.5 Å². The fraction of sp³-hybridized carbons (Fsp3) is 0.400. The van der Waals surface area contributed by atoms with Crippen LogP contribution in [0, 0.1) is 0 Å². The van der Waals surface area contributed by atoms with Gasteiger partial charge >= 0.3 is 5.97 Å². The average Bonchev–Trinajstić information content (AvgIpc) is 3.35. The predicted octanol–water partition coefficient (Wildman–Crippen LogP) is 6.74. The van der Waals surface area contributed by atoms with Gasteiger partial charge in [-0.15, -0.1) is 0 Å². The normalized spacial score (nSPS) is 15.1. The van der Waals surface area contributed by atoms with Crippen LogP contribution in [0.25, 0.3) is 17.4 Å². The van der Waals surface area contributed by atoms with E-state index in [1.165, 1.54) is 11.8 Å². The van der Waals surface area contributed by atoms with Gasteiger partial charge in [-0.2, -0.15) is 0 Å². The molecule has 1 aliphatic rings. The molecule has 1 aromatic carbocycles. The fourth-order valence-electron chi connectivity index (χ4n) is 3.62. The monoisotopic (exact) mass is 471 g/mol. The van der Waals surface area contributed by atoms with Gasteiger partial charge in [0, 0.05) is 24.6 Å². The first-order chi connectivity index (χ1) is 15.5. The first-order valence-corrected chi connectivity index (χ1v) is 12.4. The molecule has 1 saturated heterocycles. The molecule has 3 rings (SSSR count). The summed E-state index contributed by atoms with van der Waals surface area (Å²) in [5.41, 5.74) is 1.000. The molecular formula is C25H29NO4S2. The maximum Gasteiger partial charge on any atom is 0.303 e. The number of carboxylic acid groups (broad SMARTS) is 1. The third kappa shape index (κ3) is 7.35. The molecule has 1 N–H and O–H groups in total. The summed E-state index contributed by atoms with van der Waals surface area (Å²) >= 11 is 6.76. The van der Waals surface area contributed by atoms with Crippen LogP contribution in [-0.2, 0) is 9.59 Å². The highest BCUT2D eigenvalue weighted by Gasteiger charge is 2.31. The lowest BCUT2D eigenvalue weighted by atomic mass is 10.1. The van der Waals surface area contributed by atoms with Crippen LogP contribution in [0.1, 0.15) is 63.5 Å². The molecular weight excluding hydrogens is 442 g/mol. The van der Waals surface area contributed by atoms with Gasteiger partial charge in [-0.1, -0.05) is 92.8 Å².